The lowest BCUT2D eigenvalue weighted by molar-refractivity contribution is -0.0349. The Morgan fingerprint density at radius 3 is 2.75 bits per heavy atom. The molecule has 0 radical (unpaired) electrons. The fourth-order valence-electron chi connectivity index (χ4n) is 1.76. The lowest BCUT2D eigenvalue weighted by atomic mass is 9.80. The molecule has 0 saturated heterocycles. The van der Waals surface area contributed by atoms with Crippen molar-refractivity contribution in [2.45, 2.75) is 50.7 Å². The first-order valence-corrected chi connectivity index (χ1v) is 6.35. The van der Waals surface area contributed by atoms with Gasteiger partial charge in [0.1, 0.15) is 0 Å². The van der Waals surface area contributed by atoms with E-state index in [0.29, 0.717) is 19.7 Å². The van der Waals surface area contributed by atoms with E-state index >= 15 is 0 Å². The van der Waals surface area contributed by atoms with Crippen molar-refractivity contribution in [1.82, 2.24) is 5.32 Å². The van der Waals surface area contributed by atoms with Gasteiger partial charge >= 0.3 is 0 Å². The molecule has 1 atom stereocenters. The van der Waals surface area contributed by atoms with Crippen LogP contribution in [0.4, 0.5) is 0 Å². The maximum atomic E-state index is 9.79. The lowest BCUT2D eigenvalue weighted by Crippen LogP contribution is -2.48. The number of unbranched alkanes of at least 4 members (excludes halogenated alkanes) is 1. The van der Waals surface area contributed by atoms with E-state index in [-0.39, 0.29) is 0 Å². The highest BCUT2D eigenvalue weighted by atomic mass is 16.5. The molecule has 0 bridgehead atoms. The molecule has 0 amide bonds. The molecule has 1 rings (SSSR count). The maximum absolute atomic E-state index is 9.79. The summed E-state index contributed by atoms with van der Waals surface area (Å²) in [5.41, 5.74) is -0.511. The third-order valence-electron chi connectivity index (χ3n) is 3.07. The smallest absolute Gasteiger partial charge is 0.0897 e. The van der Waals surface area contributed by atoms with Crippen LogP contribution in [-0.4, -0.2) is 48.2 Å². The Balaban J connectivity index is 1.91. The van der Waals surface area contributed by atoms with E-state index in [0.717, 1.165) is 38.7 Å². The minimum atomic E-state index is -0.511. The van der Waals surface area contributed by atoms with Gasteiger partial charge in [0, 0.05) is 19.7 Å². The first kappa shape index (κ1) is 13.9. The van der Waals surface area contributed by atoms with Gasteiger partial charge in [0.25, 0.3) is 0 Å². The first-order valence-electron chi connectivity index (χ1n) is 6.35. The van der Waals surface area contributed by atoms with Gasteiger partial charge in [-0.1, -0.05) is 13.3 Å². The normalized spacial score (nSPS) is 20.4. The van der Waals surface area contributed by atoms with Crippen molar-refractivity contribution in [3.05, 3.63) is 0 Å². The van der Waals surface area contributed by atoms with Crippen LogP contribution in [0, 0.1) is 0 Å². The molecule has 0 heterocycles. The molecule has 0 spiro atoms. The van der Waals surface area contributed by atoms with Gasteiger partial charge in [-0.25, -0.2) is 0 Å². The standard InChI is InChI=1S/C12H25NO3/c1-2-3-7-16-9-11(14)8-13-10-12(15)5-4-6-12/h11,13-15H,2-10H2,1H3. The van der Waals surface area contributed by atoms with E-state index in [2.05, 4.69) is 12.2 Å². The minimum Gasteiger partial charge on any atom is -0.389 e. The molecule has 1 fully saturated rings. The molecule has 4 heteroatoms. The maximum Gasteiger partial charge on any atom is 0.0897 e. The van der Waals surface area contributed by atoms with Crippen LogP contribution in [0.5, 0.6) is 0 Å². The Bertz CT molecular complexity index is 183. The summed E-state index contributed by atoms with van der Waals surface area (Å²) >= 11 is 0. The predicted octanol–water partition coefficient (Wildman–Crippen LogP) is 0.669. The molecule has 0 aromatic carbocycles. The highest BCUT2D eigenvalue weighted by molar-refractivity contribution is 4.89. The van der Waals surface area contributed by atoms with Crippen molar-refractivity contribution >= 4 is 0 Å². The summed E-state index contributed by atoms with van der Waals surface area (Å²) in [5.74, 6) is 0. The molecule has 3 N–H and O–H groups in total. The molecule has 16 heavy (non-hydrogen) atoms. The molecule has 1 unspecified atom stereocenters. The topological polar surface area (TPSA) is 61.7 Å². The average Bonchev–Trinajstić information content (AvgIpc) is 2.22. The number of nitrogens with one attached hydrogen (secondary N) is 1. The Kier molecular flexibility index (Phi) is 6.28. The predicted molar refractivity (Wildman–Crippen MR) is 63.4 cm³/mol. The fraction of sp³-hybridized carbons (Fsp3) is 1.00. The zero-order valence-corrected chi connectivity index (χ0v) is 10.2. The zero-order valence-electron chi connectivity index (χ0n) is 10.2. The molecule has 0 aliphatic heterocycles. The van der Waals surface area contributed by atoms with Gasteiger partial charge in [0.2, 0.25) is 0 Å². The van der Waals surface area contributed by atoms with Crippen molar-refractivity contribution in [2.24, 2.45) is 0 Å². The summed E-state index contributed by atoms with van der Waals surface area (Å²) in [6, 6.07) is 0. The number of rotatable bonds is 9. The lowest BCUT2D eigenvalue weighted by Gasteiger charge is -2.36. The van der Waals surface area contributed by atoms with E-state index in [4.69, 9.17) is 4.74 Å². The minimum absolute atomic E-state index is 0.380. The molecule has 4 nitrogen and oxygen atoms in total. The van der Waals surface area contributed by atoms with Gasteiger partial charge in [-0.2, -0.15) is 0 Å². The van der Waals surface area contributed by atoms with Gasteiger partial charge in [-0.3, -0.25) is 0 Å². The van der Waals surface area contributed by atoms with Crippen LogP contribution in [0.2, 0.25) is 0 Å². The highest BCUT2D eigenvalue weighted by Crippen LogP contribution is 2.30. The Labute approximate surface area is 98.0 Å². The van der Waals surface area contributed by atoms with E-state index in [1.807, 2.05) is 0 Å². The molecule has 0 aromatic heterocycles. The van der Waals surface area contributed by atoms with Crippen molar-refractivity contribution in [1.29, 1.82) is 0 Å². The number of ether oxygens (including phenoxy) is 1. The van der Waals surface area contributed by atoms with Gasteiger partial charge in [-0.05, 0) is 25.7 Å². The number of hydrogen-bond donors (Lipinski definition) is 3. The second kappa shape index (κ2) is 7.22. The van der Waals surface area contributed by atoms with Gasteiger partial charge < -0.3 is 20.3 Å². The van der Waals surface area contributed by atoms with Crippen molar-refractivity contribution in [2.75, 3.05) is 26.3 Å². The Morgan fingerprint density at radius 2 is 2.19 bits per heavy atom. The summed E-state index contributed by atoms with van der Waals surface area (Å²) in [5, 5.41) is 22.4. The Morgan fingerprint density at radius 1 is 1.44 bits per heavy atom. The van der Waals surface area contributed by atoms with Crippen LogP contribution in [0.1, 0.15) is 39.0 Å². The third kappa shape index (κ3) is 5.25. The number of hydrogen-bond acceptors (Lipinski definition) is 4. The third-order valence-corrected chi connectivity index (χ3v) is 3.07. The first-order chi connectivity index (χ1) is 7.66. The molecule has 0 aromatic rings. The van der Waals surface area contributed by atoms with Crippen molar-refractivity contribution < 1.29 is 14.9 Å². The summed E-state index contributed by atoms with van der Waals surface area (Å²) < 4.78 is 5.31. The van der Waals surface area contributed by atoms with Crippen LogP contribution in [0.15, 0.2) is 0 Å². The van der Waals surface area contributed by atoms with E-state index in [9.17, 15) is 10.2 Å². The second-order valence-corrected chi connectivity index (χ2v) is 4.79. The largest absolute Gasteiger partial charge is 0.389 e. The van der Waals surface area contributed by atoms with Gasteiger partial charge in [-0.15, -0.1) is 0 Å². The average molecular weight is 231 g/mol. The summed E-state index contributed by atoms with van der Waals surface area (Å²) in [6.45, 7) is 4.29. The summed E-state index contributed by atoms with van der Waals surface area (Å²) in [7, 11) is 0. The monoisotopic (exact) mass is 231 g/mol. The van der Waals surface area contributed by atoms with Crippen LogP contribution in [0.3, 0.4) is 0 Å². The van der Waals surface area contributed by atoms with E-state index in [1.165, 1.54) is 0 Å². The zero-order chi connectivity index (χ0) is 11.9. The van der Waals surface area contributed by atoms with Crippen LogP contribution in [0.25, 0.3) is 0 Å². The quantitative estimate of drug-likeness (QED) is 0.510. The molecule has 1 aliphatic rings. The van der Waals surface area contributed by atoms with Crippen LogP contribution >= 0.6 is 0 Å². The second-order valence-electron chi connectivity index (χ2n) is 4.79. The SMILES string of the molecule is CCCCOCC(O)CNCC1(O)CCC1. The molecule has 96 valence electrons. The molecular weight excluding hydrogens is 206 g/mol. The van der Waals surface area contributed by atoms with Gasteiger partial charge in [0.05, 0.1) is 18.3 Å². The van der Waals surface area contributed by atoms with E-state index in [1.54, 1.807) is 0 Å². The number of aliphatic hydroxyl groups is 2. The summed E-state index contributed by atoms with van der Waals surface area (Å²) in [4.78, 5) is 0. The Hall–Kier alpha value is -0.160. The van der Waals surface area contributed by atoms with Gasteiger partial charge in [0.15, 0.2) is 0 Å². The molecular formula is C12H25NO3. The molecule has 1 saturated carbocycles. The summed E-state index contributed by atoms with van der Waals surface area (Å²) in [6.07, 6.45) is 4.55. The van der Waals surface area contributed by atoms with Crippen LogP contribution < -0.4 is 5.32 Å². The highest BCUT2D eigenvalue weighted by Gasteiger charge is 2.33. The molecule has 1 aliphatic carbocycles. The fourth-order valence-corrected chi connectivity index (χ4v) is 1.76. The van der Waals surface area contributed by atoms with Crippen molar-refractivity contribution in [3.8, 4) is 0 Å². The van der Waals surface area contributed by atoms with Crippen LogP contribution in [-0.2, 0) is 4.74 Å². The van der Waals surface area contributed by atoms with Crippen molar-refractivity contribution in [3.63, 3.8) is 0 Å². The number of aliphatic hydroxyl groups excluding tert-OH is 1. The van der Waals surface area contributed by atoms with E-state index < -0.39 is 11.7 Å².